The van der Waals surface area contributed by atoms with E-state index in [0.717, 1.165) is 16.7 Å². The van der Waals surface area contributed by atoms with E-state index in [0.29, 0.717) is 17.7 Å². The van der Waals surface area contributed by atoms with Gasteiger partial charge in [0.15, 0.2) is 0 Å². The average Bonchev–Trinajstić information content (AvgIpc) is 2.55. The molecule has 2 aromatic rings. The predicted molar refractivity (Wildman–Crippen MR) is 91.5 cm³/mol. The Hall–Kier alpha value is -2.62. The van der Waals surface area contributed by atoms with Crippen molar-refractivity contribution in [3.05, 3.63) is 70.3 Å². The predicted octanol–water partition coefficient (Wildman–Crippen LogP) is 2.94. The van der Waals surface area contributed by atoms with Crippen molar-refractivity contribution in [2.75, 3.05) is 14.1 Å². The van der Waals surface area contributed by atoms with Crippen LogP contribution in [0.1, 0.15) is 37.4 Å². The molecule has 0 unspecified atom stereocenters. The topological polar surface area (TPSA) is 49.4 Å². The molecular formula is C19H22N2O2. The van der Waals surface area contributed by atoms with Crippen LogP contribution in [0.4, 0.5) is 0 Å². The maximum absolute atomic E-state index is 12.3. The van der Waals surface area contributed by atoms with E-state index in [4.69, 9.17) is 0 Å². The SMILES string of the molecule is Cc1cccc(C(=O)NCc2ccc(C(=O)N(C)C)cc2)c1C. The Morgan fingerprint density at radius 1 is 1.00 bits per heavy atom. The molecule has 0 fully saturated rings. The molecule has 2 rings (SSSR count). The molecule has 0 heterocycles. The Morgan fingerprint density at radius 3 is 2.26 bits per heavy atom. The lowest BCUT2D eigenvalue weighted by molar-refractivity contribution is 0.0827. The van der Waals surface area contributed by atoms with Crippen molar-refractivity contribution in [2.45, 2.75) is 20.4 Å². The van der Waals surface area contributed by atoms with E-state index in [-0.39, 0.29) is 11.8 Å². The van der Waals surface area contributed by atoms with Crippen LogP contribution in [0.5, 0.6) is 0 Å². The minimum absolute atomic E-state index is 0.0315. The fourth-order valence-electron chi connectivity index (χ4n) is 2.30. The third kappa shape index (κ3) is 3.97. The first kappa shape index (κ1) is 16.7. The largest absolute Gasteiger partial charge is 0.348 e. The smallest absolute Gasteiger partial charge is 0.253 e. The minimum atomic E-state index is -0.0837. The standard InChI is InChI=1S/C19H22N2O2/c1-13-6-5-7-17(14(13)2)18(22)20-12-15-8-10-16(11-9-15)19(23)21(3)4/h5-11H,12H2,1-4H3,(H,20,22). The Morgan fingerprint density at radius 2 is 1.65 bits per heavy atom. The first-order valence-electron chi connectivity index (χ1n) is 7.55. The van der Waals surface area contributed by atoms with Gasteiger partial charge in [-0.05, 0) is 48.7 Å². The second-order valence-corrected chi connectivity index (χ2v) is 5.83. The van der Waals surface area contributed by atoms with Crippen molar-refractivity contribution in [2.24, 2.45) is 0 Å². The fraction of sp³-hybridized carbons (Fsp3) is 0.263. The zero-order valence-electron chi connectivity index (χ0n) is 14.0. The van der Waals surface area contributed by atoms with Gasteiger partial charge in [-0.3, -0.25) is 9.59 Å². The lowest BCUT2D eigenvalue weighted by atomic mass is 10.0. The third-order valence-electron chi connectivity index (χ3n) is 3.91. The van der Waals surface area contributed by atoms with E-state index in [1.54, 1.807) is 26.2 Å². The summed E-state index contributed by atoms with van der Waals surface area (Å²) < 4.78 is 0. The van der Waals surface area contributed by atoms with E-state index >= 15 is 0 Å². The summed E-state index contributed by atoms with van der Waals surface area (Å²) >= 11 is 0. The van der Waals surface area contributed by atoms with E-state index in [1.807, 2.05) is 44.2 Å². The van der Waals surface area contributed by atoms with Gasteiger partial charge in [-0.1, -0.05) is 24.3 Å². The van der Waals surface area contributed by atoms with Gasteiger partial charge in [0.1, 0.15) is 0 Å². The molecule has 4 nitrogen and oxygen atoms in total. The number of hydrogen-bond acceptors (Lipinski definition) is 2. The van der Waals surface area contributed by atoms with Gasteiger partial charge < -0.3 is 10.2 Å². The van der Waals surface area contributed by atoms with Crippen LogP contribution in [-0.2, 0) is 6.54 Å². The van der Waals surface area contributed by atoms with Crippen LogP contribution >= 0.6 is 0 Å². The van der Waals surface area contributed by atoms with E-state index in [2.05, 4.69) is 5.32 Å². The Kier molecular flexibility index (Phi) is 5.16. The minimum Gasteiger partial charge on any atom is -0.348 e. The molecular weight excluding hydrogens is 288 g/mol. The molecule has 0 saturated carbocycles. The second-order valence-electron chi connectivity index (χ2n) is 5.83. The lowest BCUT2D eigenvalue weighted by Crippen LogP contribution is -2.24. The first-order valence-corrected chi connectivity index (χ1v) is 7.55. The number of carbonyl (C=O) groups is 2. The van der Waals surface area contributed by atoms with Crippen LogP contribution < -0.4 is 5.32 Å². The first-order chi connectivity index (χ1) is 10.9. The van der Waals surface area contributed by atoms with Crippen molar-refractivity contribution >= 4 is 11.8 Å². The van der Waals surface area contributed by atoms with Gasteiger partial charge in [-0.25, -0.2) is 0 Å². The molecule has 2 aromatic carbocycles. The van der Waals surface area contributed by atoms with Crippen molar-refractivity contribution in [1.29, 1.82) is 0 Å². The maximum atomic E-state index is 12.3. The maximum Gasteiger partial charge on any atom is 0.253 e. The summed E-state index contributed by atoms with van der Waals surface area (Å²) in [6.45, 7) is 4.38. The van der Waals surface area contributed by atoms with Crippen molar-refractivity contribution in [1.82, 2.24) is 10.2 Å². The molecule has 0 aliphatic rings. The van der Waals surface area contributed by atoms with Crippen molar-refractivity contribution in [3.8, 4) is 0 Å². The van der Waals surface area contributed by atoms with Crippen molar-refractivity contribution < 1.29 is 9.59 Å². The zero-order valence-corrected chi connectivity index (χ0v) is 14.0. The van der Waals surface area contributed by atoms with Gasteiger partial charge in [0, 0.05) is 31.8 Å². The zero-order chi connectivity index (χ0) is 17.0. The van der Waals surface area contributed by atoms with E-state index < -0.39 is 0 Å². The highest BCUT2D eigenvalue weighted by atomic mass is 16.2. The molecule has 2 amide bonds. The summed E-state index contributed by atoms with van der Waals surface area (Å²) in [5.74, 6) is -0.115. The Bertz CT molecular complexity index is 719. The highest BCUT2D eigenvalue weighted by Gasteiger charge is 2.10. The molecule has 0 bridgehead atoms. The van der Waals surface area contributed by atoms with Crippen LogP contribution in [0.3, 0.4) is 0 Å². The highest BCUT2D eigenvalue weighted by molar-refractivity contribution is 5.96. The van der Waals surface area contributed by atoms with Gasteiger partial charge in [0.25, 0.3) is 11.8 Å². The van der Waals surface area contributed by atoms with Gasteiger partial charge in [-0.2, -0.15) is 0 Å². The fourth-order valence-corrected chi connectivity index (χ4v) is 2.30. The normalized spacial score (nSPS) is 10.3. The lowest BCUT2D eigenvalue weighted by Gasteiger charge is -2.11. The van der Waals surface area contributed by atoms with Gasteiger partial charge in [0.2, 0.25) is 0 Å². The summed E-state index contributed by atoms with van der Waals surface area (Å²) in [5.41, 5.74) is 4.39. The molecule has 0 radical (unpaired) electrons. The number of nitrogens with one attached hydrogen (secondary N) is 1. The van der Waals surface area contributed by atoms with Crippen LogP contribution in [-0.4, -0.2) is 30.8 Å². The Labute approximate surface area is 137 Å². The van der Waals surface area contributed by atoms with Gasteiger partial charge >= 0.3 is 0 Å². The van der Waals surface area contributed by atoms with E-state index in [9.17, 15) is 9.59 Å². The number of rotatable bonds is 4. The summed E-state index contributed by atoms with van der Waals surface area (Å²) in [7, 11) is 3.45. The number of benzene rings is 2. The average molecular weight is 310 g/mol. The molecule has 23 heavy (non-hydrogen) atoms. The van der Waals surface area contributed by atoms with Crippen LogP contribution in [0.25, 0.3) is 0 Å². The molecule has 0 atom stereocenters. The van der Waals surface area contributed by atoms with E-state index in [1.165, 1.54) is 4.90 Å². The molecule has 0 aliphatic carbocycles. The van der Waals surface area contributed by atoms with Crippen LogP contribution in [0.15, 0.2) is 42.5 Å². The molecule has 1 N–H and O–H groups in total. The number of nitrogens with zero attached hydrogens (tertiary/aromatic N) is 1. The molecule has 0 aromatic heterocycles. The summed E-state index contributed by atoms with van der Waals surface area (Å²) in [6, 6.07) is 13.0. The number of aryl methyl sites for hydroxylation is 1. The molecule has 0 aliphatic heterocycles. The van der Waals surface area contributed by atoms with Crippen molar-refractivity contribution in [3.63, 3.8) is 0 Å². The van der Waals surface area contributed by atoms with Gasteiger partial charge in [0.05, 0.1) is 0 Å². The molecule has 120 valence electrons. The van der Waals surface area contributed by atoms with Crippen LogP contribution in [0, 0.1) is 13.8 Å². The quantitative estimate of drug-likeness (QED) is 0.944. The van der Waals surface area contributed by atoms with Gasteiger partial charge in [-0.15, -0.1) is 0 Å². The molecule has 0 spiro atoms. The summed E-state index contributed by atoms with van der Waals surface area (Å²) in [6.07, 6.45) is 0. The third-order valence-corrected chi connectivity index (χ3v) is 3.91. The highest BCUT2D eigenvalue weighted by Crippen LogP contribution is 2.13. The number of amides is 2. The monoisotopic (exact) mass is 310 g/mol. The number of hydrogen-bond donors (Lipinski definition) is 1. The summed E-state index contributed by atoms with van der Waals surface area (Å²) in [4.78, 5) is 25.7. The molecule has 4 heteroatoms. The van der Waals surface area contributed by atoms with Crippen LogP contribution in [0.2, 0.25) is 0 Å². The number of carbonyl (C=O) groups excluding carboxylic acids is 2. The second kappa shape index (κ2) is 7.09. The summed E-state index contributed by atoms with van der Waals surface area (Å²) in [5, 5.41) is 2.92. The Balaban J connectivity index is 2.02. The molecule has 0 saturated heterocycles.